The molecule has 114 valence electrons. The number of aromatic nitrogens is 1. The summed E-state index contributed by atoms with van der Waals surface area (Å²) in [6.07, 6.45) is 0. The number of rotatable bonds is 5. The number of methoxy groups -OCH3 is 1. The molecule has 5 heteroatoms. The summed E-state index contributed by atoms with van der Waals surface area (Å²) >= 11 is 6.26. The van der Waals surface area contributed by atoms with Gasteiger partial charge in [-0.25, -0.2) is 0 Å². The number of carbonyl (C=O) groups excluding carboxylic acids is 1. The molecule has 1 aromatic carbocycles. The number of hydrogen-bond donors (Lipinski definition) is 0. The molecule has 2 rings (SSSR count). The Morgan fingerprint density at radius 3 is 2.55 bits per heavy atom. The normalized spacial score (nSPS) is 11.8. The number of carbonyl (C=O) groups is 1. The highest BCUT2D eigenvalue weighted by Gasteiger charge is 2.23. The first-order valence-corrected chi connectivity index (χ1v) is 7.38. The van der Waals surface area contributed by atoms with Gasteiger partial charge in [0.1, 0.15) is 11.4 Å². The number of benzene rings is 1. The van der Waals surface area contributed by atoms with Crippen LogP contribution in [-0.4, -0.2) is 17.5 Å². The molecular weight excluding hydrogens is 300 g/mol. The average molecular weight is 317 g/mol. The molecule has 0 aliphatic heterocycles. The Bertz CT molecular complexity index is 726. The third-order valence-corrected chi connectivity index (χ3v) is 3.89. The van der Waals surface area contributed by atoms with Crippen molar-refractivity contribution in [1.29, 1.82) is 5.26 Å². The van der Waals surface area contributed by atoms with Crippen molar-refractivity contribution in [3.63, 3.8) is 0 Å². The number of hydrogen-bond acceptors (Lipinski definition) is 3. The predicted octanol–water partition coefficient (Wildman–Crippen LogP) is 4.03. The van der Waals surface area contributed by atoms with Crippen LogP contribution in [0.1, 0.15) is 41.5 Å². The molecule has 22 heavy (non-hydrogen) atoms. The van der Waals surface area contributed by atoms with Gasteiger partial charge in [0.15, 0.2) is 0 Å². The maximum atomic E-state index is 12.7. The Morgan fingerprint density at radius 2 is 2.05 bits per heavy atom. The van der Waals surface area contributed by atoms with Crippen LogP contribution in [0.3, 0.4) is 0 Å². The van der Waals surface area contributed by atoms with E-state index in [1.165, 1.54) is 0 Å². The third-order valence-electron chi connectivity index (χ3n) is 3.60. The minimum atomic E-state index is -0.324. The topological polar surface area (TPSA) is 55.0 Å². The lowest BCUT2D eigenvalue weighted by molar-refractivity contribution is 0.103. The van der Waals surface area contributed by atoms with E-state index < -0.39 is 0 Å². The van der Waals surface area contributed by atoms with Crippen LogP contribution < -0.4 is 4.74 Å². The molecule has 0 aliphatic carbocycles. The minimum absolute atomic E-state index is 0.161. The van der Waals surface area contributed by atoms with Crippen LogP contribution in [0, 0.1) is 11.3 Å². The van der Waals surface area contributed by atoms with Gasteiger partial charge in [0.25, 0.3) is 0 Å². The van der Waals surface area contributed by atoms with Gasteiger partial charge in [-0.2, -0.15) is 5.26 Å². The van der Waals surface area contributed by atoms with Crippen LogP contribution in [0.4, 0.5) is 0 Å². The molecule has 0 amide bonds. The lowest BCUT2D eigenvalue weighted by Crippen LogP contribution is -2.13. The fourth-order valence-corrected chi connectivity index (χ4v) is 2.71. The van der Waals surface area contributed by atoms with Gasteiger partial charge in [0.05, 0.1) is 24.1 Å². The first-order chi connectivity index (χ1) is 10.5. The van der Waals surface area contributed by atoms with Crippen molar-refractivity contribution in [3.8, 4) is 11.8 Å². The molecule has 1 unspecified atom stereocenters. The number of halogens is 1. The molecule has 0 radical (unpaired) electrons. The van der Waals surface area contributed by atoms with Crippen LogP contribution in [0.2, 0.25) is 5.02 Å². The zero-order chi connectivity index (χ0) is 16.3. The smallest absolute Gasteiger partial charge is 0.210 e. The highest BCUT2D eigenvalue weighted by atomic mass is 35.5. The van der Waals surface area contributed by atoms with Gasteiger partial charge >= 0.3 is 0 Å². The van der Waals surface area contributed by atoms with Crippen molar-refractivity contribution in [2.75, 3.05) is 7.11 Å². The second-order valence-corrected chi connectivity index (χ2v) is 5.33. The number of ketones is 1. The molecule has 1 aromatic heterocycles. The zero-order valence-corrected chi connectivity index (χ0v) is 13.5. The average Bonchev–Trinajstić information content (AvgIpc) is 2.89. The molecule has 0 saturated carbocycles. The molecule has 1 atom stereocenters. The molecule has 0 aliphatic rings. The Hall–Kier alpha value is -2.25. The van der Waals surface area contributed by atoms with Crippen molar-refractivity contribution in [2.24, 2.45) is 0 Å². The Morgan fingerprint density at radius 1 is 1.41 bits per heavy atom. The van der Waals surface area contributed by atoms with Gasteiger partial charge < -0.3 is 9.30 Å². The second-order valence-electron chi connectivity index (χ2n) is 4.92. The van der Waals surface area contributed by atoms with Gasteiger partial charge in [-0.1, -0.05) is 11.6 Å². The SMILES string of the molecule is CCn1c(C(C)C#N)cc(Cl)c1C(=O)c1ccc(OC)cc1. The van der Waals surface area contributed by atoms with E-state index in [1.54, 1.807) is 44.4 Å². The van der Waals surface area contributed by atoms with Crippen LogP contribution in [0.5, 0.6) is 5.75 Å². The molecular formula is C17H17ClN2O2. The lowest BCUT2D eigenvalue weighted by atomic mass is 10.1. The van der Waals surface area contributed by atoms with E-state index >= 15 is 0 Å². The van der Waals surface area contributed by atoms with Gasteiger partial charge in [-0.05, 0) is 44.2 Å². The number of nitrogens with zero attached hydrogens (tertiary/aromatic N) is 2. The third kappa shape index (κ3) is 2.86. The fraction of sp³-hybridized carbons (Fsp3) is 0.294. The summed E-state index contributed by atoms with van der Waals surface area (Å²) < 4.78 is 6.90. The molecule has 0 saturated heterocycles. The summed E-state index contributed by atoms with van der Waals surface area (Å²) in [4.78, 5) is 12.7. The summed E-state index contributed by atoms with van der Waals surface area (Å²) in [5, 5.41) is 9.49. The van der Waals surface area contributed by atoms with E-state index in [0.29, 0.717) is 28.6 Å². The van der Waals surface area contributed by atoms with Crippen molar-refractivity contribution in [1.82, 2.24) is 4.57 Å². The Balaban J connectivity index is 2.49. The zero-order valence-electron chi connectivity index (χ0n) is 12.8. The van der Waals surface area contributed by atoms with E-state index in [1.807, 2.05) is 11.5 Å². The van der Waals surface area contributed by atoms with Crippen LogP contribution in [0.25, 0.3) is 0 Å². The molecule has 4 nitrogen and oxygen atoms in total. The van der Waals surface area contributed by atoms with Gasteiger partial charge in [0, 0.05) is 17.8 Å². The van der Waals surface area contributed by atoms with Gasteiger partial charge in [-0.3, -0.25) is 4.79 Å². The van der Waals surface area contributed by atoms with E-state index in [4.69, 9.17) is 21.6 Å². The summed E-state index contributed by atoms with van der Waals surface area (Å²) in [5.41, 5.74) is 1.71. The maximum absolute atomic E-state index is 12.7. The van der Waals surface area contributed by atoms with Gasteiger partial charge in [-0.15, -0.1) is 0 Å². The molecule has 0 N–H and O–H groups in total. The van der Waals surface area contributed by atoms with Crippen LogP contribution in [-0.2, 0) is 6.54 Å². The monoisotopic (exact) mass is 316 g/mol. The summed E-state index contributed by atoms with van der Waals surface area (Å²) in [5.74, 6) is 0.202. The standard InChI is InChI=1S/C17H17ClN2O2/c1-4-20-15(11(2)10-19)9-14(18)16(20)17(21)12-5-7-13(22-3)8-6-12/h5-9,11H,4H2,1-3H3. The molecule has 1 heterocycles. The van der Waals surface area contributed by atoms with Crippen molar-refractivity contribution < 1.29 is 9.53 Å². The number of nitriles is 1. The van der Waals surface area contributed by atoms with E-state index in [-0.39, 0.29) is 11.7 Å². The fourth-order valence-electron chi connectivity index (χ4n) is 2.41. The lowest BCUT2D eigenvalue weighted by Gasteiger charge is -2.12. The summed E-state index contributed by atoms with van der Waals surface area (Å²) in [6, 6.07) is 10.8. The molecule has 0 bridgehead atoms. The van der Waals surface area contributed by atoms with E-state index in [9.17, 15) is 4.79 Å². The molecule has 2 aromatic rings. The minimum Gasteiger partial charge on any atom is -0.497 e. The quantitative estimate of drug-likeness (QED) is 0.783. The van der Waals surface area contributed by atoms with Crippen LogP contribution in [0.15, 0.2) is 30.3 Å². The maximum Gasteiger partial charge on any atom is 0.210 e. The van der Waals surface area contributed by atoms with Crippen LogP contribution >= 0.6 is 11.6 Å². The summed E-state index contributed by atoms with van der Waals surface area (Å²) in [7, 11) is 1.57. The Labute approximate surface area is 134 Å². The highest BCUT2D eigenvalue weighted by Crippen LogP contribution is 2.29. The Kier molecular flexibility index (Phi) is 4.89. The van der Waals surface area contributed by atoms with Gasteiger partial charge in [0.2, 0.25) is 5.78 Å². The molecule has 0 fully saturated rings. The first-order valence-electron chi connectivity index (χ1n) is 7.00. The van der Waals surface area contributed by atoms with Crippen molar-refractivity contribution in [3.05, 3.63) is 52.3 Å². The van der Waals surface area contributed by atoms with E-state index in [0.717, 1.165) is 5.69 Å². The second kappa shape index (κ2) is 6.67. The summed E-state index contributed by atoms with van der Waals surface area (Å²) in [6.45, 7) is 4.29. The first kappa shape index (κ1) is 16.1. The molecule has 0 spiro atoms. The highest BCUT2D eigenvalue weighted by molar-refractivity contribution is 6.34. The van der Waals surface area contributed by atoms with Crippen molar-refractivity contribution in [2.45, 2.75) is 26.3 Å². The predicted molar refractivity (Wildman–Crippen MR) is 85.6 cm³/mol. The largest absolute Gasteiger partial charge is 0.497 e. The van der Waals surface area contributed by atoms with Crippen molar-refractivity contribution >= 4 is 17.4 Å². The van der Waals surface area contributed by atoms with E-state index in [2.05, 4.69) is 6.07 Å². The number of ether oxygens (including phenoxy) is 1.